The van der Waals surface area contributed by atoms with Crippen molar-refractivity contribution in [1.29, 1.82) is 0 Å². The summed E-state index contributed by atoms with van der Waals surface area (Å²) >= 11 is 0. The summed E-state index contributed by atoms with van der Waals surface area (Å²) in [6, 6.07) is 0.200. The first-order chi connectivity index (χ1) is 8.56. The zero-order valence-electron chi connectivity index (χ0n) is 11.7. The molecule has 1 aliphatic heterocycles. The highest BCUT2D eigenvalue weighted by Gasteiger charge is 2.27. The Bertz CT molecular complexity index is 286. The molecule has 0 atom stereocenters. The van der Waals surface area contributed by atoms with Crippen LogP contribution in [0.2, 0.25) is 0 Å². The molecule has 1 saturated heterocycles. The summed E-state index contributed by atoms with van der Waals surface area (Å²) in [5.74, 6) is -0.870. The molecule has 0 saturated carbocycles. The fraction of sp³-hybridized carbons (Fsp3) is 0.846. The van der Waals surface area contributed by atoms with E-state index in [1.54, 1.807) is 11.9 Å². The number of carbonyl (C=O) groups excluding carboxylic acids is 2. The summed E-state index contributed by atoms with van der Waals surface area (Å²) in [7, 11) is 3.81. The van der Waals surface area contributed by atoms with Crippen molar-refractivity contribution in [3.63, 3.8) is 0 Å². The van der Waals surface area contributed by atoms with E-state index in [0.717, 1.165) is 38.8 Å². The van der Waals surface area contributed by atoms with E-state index in [1.807, 2.05) is 0 Å². The second-order valence-electron chi connectivity index (χ2n) is 5.06. The third-order valence-corrected chi connectivity index (χ3v) is 3.57. The van der Waals surface area contributed by atoms with Crippen molar-refractivity contribution in [2.45, 2.75) is 38.6 Å². The fourth-order valence-corrected chi connectivity index (χ4v) is 2.16. The van der Waals surface area contributed by atoms with E-state index < -0.39 is 11.8 Å². The second kappa shape index (κ2) is 7.36. The number of piperidine rings is 1. The minimum atomic E-state index is -0.468. The maximum absolute atomic E-state index is 11.9. The molecule has 0 aromatic carbocycles. The lowest BCUT2D eigenvalue weighted by atomic mass is 10.0. The Balaban J connectivity index is 2.38. The molecular weight excluding hydrogens is 230 g/mol. The van der Waals surface area contributed by atoms with Gasteiger partial charge in [-0.3, -0.25) is 9.59 Å². The highest BCUT2D eigenvalue weighted by Crippen LogP contribution is 2.14. The number of likely N-dealkylation sites (tertiary alicyclic amines) is 1. The van der Waals surface area contributed by atoms with Gasteiger partial charge >= 0.3 is 11.8 Å². The molecule has 5 heteroatoms. The first-order valence-electron chi connectivity index (χ1n) is 6.79. The molecule has 0 aromatic rings. The maximum Gasteiger partial charge on any atom is 0.311 e. The van der Waals surface area contributed by atoms with Gasteiger partial charge in [0.2, 0.25) is 0 Å². The smallest absolute Gasteiger partial charge is 0.311 e. The summed E-state index contributed by atoms with van der Waals surface area (Å²) in [5, 5.41) is 2.67. The number of hydrogen-bond acceptors (Lipinski definition) is 3. The van der Waals surface area contributed by atoms with Gasteiger partial charge in [0.15, 0.2) is 0 Å². The van der Waals surface area contributed by atoms with Crippen LogP contribution >= 0.6 is 0 Å². The SMILES string of the molecule is CCCCNC(=O)C(=O)N(C)C1CCN(C)CC1. The molecule has 0 aromatic heterocycles. The van der Waals surface area contributed by atoms with Gasteiger partial charge in [-0.15, -0.1) is 0 Å². The Kier molecular flexibility index (Phi) is 6.12. The summed E-state index contributed by atoms with van der Waals surface area (Å²) in [6.45, 7) is 4.61. The second-order valence-corrected chi connectivity index (χ2v) is 5.06. The molecule has 104 valence electrons. The van der Waals surface area contributed by atoms with Crippen LogP contribution in [-0.4, -0.2) is 61.4 Å². The molecule has 0 spiro atoms. The largest absolute Gasteiger partial charge is 0.348 e. The van der Waals surface area contributed by atoms with Crippen LogP contribution in [0.15, 0.2) is 0 Å². The van der Waals surface area contributed by atoms with Gasteiger partial charge in [-0.2, -0.15) is 0 Å². The molecule has 0 unspecified atom stereocenters. The molecule has 0 bridgehead atoms. The predicted octanol–water partition coefficient (Wildman–Crippen LogP) is 0.455. The normalized spacial score (nSPS) is 17.5. The van der Waals surface area contributed by atoms with Gasteiger partial charge in [0.25, 0.3) is 0 Å². The minimum Gasteiger partial charge on any atom is -0.348 e. The molecule has 1 fully saturated rings. The quantitative estimate of drug-likeness (QED) is 0.586. The van der Waals surface area contributed by atoms with Crippen LogP contribution in [0.25, 0.3) is 0 Å². The maximum atomic E-state index is 11.9. The zero-order chi connectivity index (χ0) is 13.5. The van der Waals surface area contributed by atoms with Gasteiger partial charge in [0.05, 0.1) is 0 Å². The van der Waals surface area contributed by atoms with Crippen molar-refractivity contribution >= 4 is 11.8 Å². The fourth-order valence-electron chi connectivity index (χ4n) is 2.16. The van der Waals surface area contributed by atoms with Gasteiger partial charge in [0.1, 0.15) is 0 Å². The molecule has 18 heavy (non-hydrogen) atoms. The van der Waals surface area contributed by atoms with Crippen LogP contribution in [0.1, 0.15) is 32.6 Å². The highest BCUT2D eigenvalue weighted by molar-refractivity contribution is 6.35. The van der Waals surface area contributed by atoms with Crippen molar-refractivity contribution in [2.24, 2.45) is 0 Å². The van der Waals surface area contributed by atoms with E-state index in [2.05, 4.69) is 24.2 Å². The molecule has 1 heterocycles. The van der Waals surface area contributed by atoms with Gasteiger partial charge < -0.3 is 15.1 Å². The van der Waals surface area contributed by atoms with Crippen molar-refractivity contribution < 1.29 is 9.59 Å². The average Bonchev–Trinajstić information content (AvgIpc) is 2.38. The predicted molar refractivity (Wildman–Crippen MR) is 71.2 cm³/mol. The molecule has 1 N–H and O–H groups in total. The molecular formula is C13H25N3O2. The standard InChI is InChI=1S/C13H25N3O2/c1-4-5-8-14-12(17)13(18)16(3)11-6-9-15(2)10-7-11/h11H,4-10H2,1-3H3,(H,14,17). The Labute approximate surface area is 110 Å². The van der Waals surface area contributed by atoms with Crippen LogP contribution in [-0.2, 0) is 9.59 Å². The Morgan fingerprint density at radius 1 is 1.33 bits per heavy atom. The Hall–Kier alpha value is -1.10. The van der Waals surface area contributed by atoms with Crippen LogP contribution in [0.5, 0.6) is 0 Å². The summed E-state index contributed by atoms with van der Waals surface area (Å²) in [4.78, 5) is 27.4. The molecule has 1 aliphatic rings. The summed E-state index contributed by atoms with van der Waals surface area (Å²) in [6.07, 6.45) is 3.82. The Morgan fingerprint density at radius 2 is 1.94 bits per heavy atom. The van der Waals surface area contributed by atoms with Crippen LogP contribution in [0.3, 0.4) is 0 Å². The Morgan fingerprint density at radius 3 is 2.50 bits per heavy atom. The molecule has 0 aliphatic carbocycles. The third-order valence-electron chi connectivity index (χ3n) is 3.57. The van der Waals surface area contributed by atoms with E-state index >= 15 is 0 Å². The van der Waals surface area contributed by atoms with E-state index in [0.29, 0.717) is 6.54 Å². The number of rotatable bonds is 4. The van der Waals surface area contributed by atoms with E-state index in [4.69, 9.17) is 0 Å². The number of likely N-dealkylation sites (N-methyl/N-ethyl adjacent to an activating group) is 1. The third kappa shape index (κ3) is 4.29. The molecule has 1 rings (SSSR count). The molecule has 5 nitrogen and oxygen atoms in total. The highest BCUT2D eigenvalue weighted by atomic mass is 16.2. The number of carbonyl (C=O) groups is 2. The van der Waals surface area contributed by atoms with Gasteiger partial charge in [-0.05, 0) is 39.4 Å². The van der Waals surface area contributed by atoms with Crippen LogP contribution in [0.4, 0.5) is 0 Å². The summed E-state index contributed by atoms with van der Waals surface area (Å²) in [5.41, 5.74) is 0. The number of nitrogens with zero attached hydrogens (tertiary/aromatic N) is 2. The van der Waals surface area contributed by atoms with Crippen molar-refractivity contribution in [2.75, 3.05) is 33.7 Å². The van der Waals surface area contributed by atoms with Crippen molar-refractivity contribution in [3.8, 4) is 0 Å². The number of hydrogen-bond donors (Lipinski definition) is 1. The van der Waals surface area contributed by atoms with Gasteiger partial charge in [-0.1, -0.05) is 13.3 Å². The number of unbranched alkanes of at least 4 members (excludes halogenated alkanes) is 1. The number of nitrogens with one attached hydrogen (secondary N) is 1. The monoisotopic (exact) mass is 255 g/mol. The topological polar surface area (TPSA) is 52.7 Å². The lowest BCUT2D eigenvalue weighted by molar-refractivity contribution is -0.146. The molecule has 0 radical (unpaired) electrons. The zero-order valence-corrected chi connectivity index (χ0v) is 11.7. The lowest BCUT2D eigenvalue weighted by Gasteiger charge is -2.34. The first-order valence-corrected chi connectivity index (χ1v) is 6.79. The van der Waals surface area contributed by atoms with Crippen LogP contribution in [0, 0.1) is 0 Å². The molecule has 2 amide bonds. The van der Waals surface area contributed by atoms with E-state index in [9.17, 15) is 9.59 Å². The van der Waals surface area contributed by atoms with Crippen molar-refractivity contribution in [1.82, 2.24) is 15.1 Å². The van der Waals surface area contributed by atoms with Crippen molar-refractivity contribution in [3.05, 3.63) is 0 Å². The van der Waals surface area contributed by atoms with E-state index in [-0.39, 0.29) is 6.04 Å². The average molecular weight is 255 g/mol. The van der Waals surface area contributed by atoms with Gasteiger partial charge in [-0.25, -0.2) is 0 Å². The lowest BCUT2D eigenvalue weighted by Crippen LogP contribution is -2.49. The van der Waals surface area contributed by atoms with Gasteiger partial charge in [0, 0.05) is 19.6 Å². The first kappa shape index (κ1) is 15.0. The summed E-state index contributed by atoms with van der Waals surface area (Å²) < 4.78 is 0. The van der Waals surface area contributed by atoms with E-state index in [1.165, 1.54) is 0 Å². The number of amides is 2. The van der Waals surface area contributed by atoms with Crippen LogP contribution < -0.4 is 5.32 Å². The minimum absolute atomic E-state index is 0.200.